The van der Waals surface area contributed by atoms with Crippen molar-refractivity contribution in [2.75, 3.05) is 13.1 Å². The molecule has 15 heavy (non-hydrogen) atoms. The number of rotatable bonds is 5. The molecule has 2 amide bonds. The van der Waals surface area contributed by atoms with Gasteiger partial charge in [-0.2, -0.15) is 0 Å². The molecule has 1 aliphatic carbocycles. The highest BCUT2D eigenvalue weighted by Crippen LogP contribution is 2.44. The predicted molar refractivity (Wildman–Crippen MR) is 57.0 cm³/mol. The molecule has 5 nitrogen and oxygen atoms in total. The third kappa shape index (κ3) is 3.20. The van der Waals surface area contributed by atoms with Crippen molar-refractivity contribution in [3.63, 3.8) is 0 Å². The Morgan fingerprint density at radius 1 is 1.40 bits per heavy atom. The second kappa shape index (κ2) is 4.61. The van der Waals surface area contributed by atoms with Gasteiger partial charge in [0.25, 0.3) is 0 Å². The highest BCUT2D eigenvalue weighted by Gasteiger charge is 2.48. The predicted octanol–water partition coefficient (Wildman–Crippen LogP) is -0.634. The van der Waals surface area contributed by atoms with E-state index in [0.717, 1.165) is 12.8 Å². The summed E-state index contributed by atoms with van der Waals surface area (Å²) in [6, 6.07) is 0.0961. The van der Waals surface area contributed by atoms with E-state index in [1.165, 1.54) is 0 Å². The van der Waals surface area contributed by atoms with E-state index in [1.807, 2.05) is 13.8 Å². The molecule has 0 atom stereocenters. The van der Waals surface area contributed by atoms with E-state index in [9.17, 15) is 9.59 Å². The Kier molecular flexibility index (Phi) is 3.68. The topological polar surface area (TPSA) is 84.2 Å². The van der Waals surface area contributed by atoms with Gasteiger partial charge in [-0.3, -0.25) is 9.59 Å². The number of hydrogen-bond acceptors (Lipinski definition) is 3. The van der Waals surface area contributed by atoms with Crippen LogP contribution in [0, 0.1) is 5.41 Å². The van der Waals surface area contributed by atoms with Gasteiger partial charge in [-0.05, 0) is 26.7 Å². The Morgan fingerprint density at radius 3 is 2.40 bits per heavy atom. The maximum atomic E-state index is 11.6. The lowest BCUT2D eigenvalue weighted by Gasteiger charge is -2.13. The van der Waals surface area contributed by atoms with E-state index in [4.69, 9.17) is 5.73 Å². The Morgan fingerprint density at radius 2 is 2.00 bits per heavy atom. The SMILES string of the molecule is CC(C)NC(=O)CNC(=O)C1(CN)CC1. The van der Waals surface area contributed by atoms with Crippen molar-refractivity contribution in [2.45, 2.75) is 32.7 Å². The molecule has 1 rings (SSSR count). The average molecular weight is 213 g/mol. The summed E-state index contributed by atoms with van der Waals surface area (Å²) in [6.07, 6.45) is 1.67. The van der Waals surface area contributed by atoms with Crippen LogP contribution in [-0.4, -0.2) is 30.9 Å². The Balaban J connectivity index is 2.25. The molecule has 1 aliphatic rings. The molecule has 0 aliphatic heterocycles. The highest BCUT2D eigenvalue weighted by molar-refractivity contribution is 5.89. The second-order valence-electron chi connectivity index (χ2n) is 4.39. The number of hydrogen-bond donors (Lipinski definition) is 3. The Hall–Kier alpha value is -1.10. The smallest absolute Gasteiger partial charge is 0.239 e. The highest BCUT2D eigenvalue weighted by atomic mass is 16.2. The van der Waals surface area contributed by atoms with E-state index in [1.54, 1.807) is 0 Å². The first-order chi connectivity index (χ1) is 7.00. The first-order valence-corrected chi connectivity index (χ1v) is 5.28. The van der Waals surface area contributed by atoms with Crippen molar-refractivity contribution in [1.29, 1.82) is 0 Å². The molecule has 5 heteroatoms. The summed E-state index contributed by atoms with van der Waals surface area (Å²) in [5.74, 6) is -0.255. The van der Waals surface area contributed by atoms with Gasteiger partial charge in [-0.1, -0.05) is 0 Å². The molecule has 4 N–H and O–H groups in total. The molecule has 1 saturated carbocycles. The monoisotopic (exact) mass is 213 g/mol. The number of nitrogens with two attached hydrogens (primary N) is 1. The van der Waals surface area contributed by atoms with Gasteiger partial charge in [0.05, 0.1) is 12.0 Å². The minimum atomic E-state index is -0.377. The first-order valence-electron chi connectivity index (χ1n) is 5.28. The molecule has 86 valence electrons. The van der Waals surface area contributed by atoms with Gasteiger partial charge in [0.1, 0.15) is 0 Å². The number of amides is 2. The van der Waals surface area contributed by atoms with E-state index < -0.39 is 0 Å². The Bertz CT molecular complexity index is 259. The van der Waals surface area contributed by atoms with Gasteiger partial charge < -0.3 is 16.4 Å². The van der Waals surface area contributed by atoms with Crippen LogP contribution in [0.5, 0.6) is 0 Å². The van der Waals surface area contributed by atoms with Crippen molar-refractivity contribution in [2.24, 2.45) is 11.1 Å². The van der Waals surface area contributed by atoms with E-state index in [2.05, 4.69) is 10.6 Å². The average Bonchev–Trinajstić information content (AvgIpc) is 2.93. The maximum Gasteiger partial charge on any atom is 0.239 e. The molecular formula is C10H19N3O2. The third-order valence-corrected chi connectivity index (χ3v) is 2.59. The molecule has 0 heterocycles. The summed E-state index contributed by atoms with van der Waals surface area (Å²) in [7, 11) is 0. The van der Waals surface area contributed by atoms with Crippen LogP contribution in [0.15, 0.2) is 0 Å². The fraction of sp³-hybridized carbons (Fsp3) is 0.800. The minimum Gasteiger partial charge on any atom is -0.352 e. The minimum absolute atomic E-state index is 0.0404. The second-order valence-corrected chi connectivity index (χ2v) is 4.39. The zero-order chi connectivity index (χ0) is 11.5. The van der Waals surface area contributed by atoms with Crippen LogP contribution < -0.4 is 16.4 Å². The quantitative estimate of drug-likeness (QED) is 0.568. The fourth-order valence-corrected chi connectivity index (χ4v) is 1.40. The molecule has 0 radical (unpaired) electrons. The normalized spacial score (nSPS) is 17.3. The molecule has 0 unspecified atom stereocenters. The largest absolute Gasteiger partial charge is 0.352 e. The summed E-state index contributed by atoms with van der Waals surface area (Å²) in [5, 5.41) is 5.31. The zero-order valence-corrected chi connectivity index (χ0v) is 9.30. The molecule has 0 aromatic carbocycles. The lowest BCUT2D eigenvalue weighted by molar-refractivity contribution is -0.129. The van der Waals surface area contributed by atoms with Crippen molar-refractivity contribution >= 4 is 11.8 Å². The van der Waals surface area contributed by atoms with Gasteiger partial charge in [0.2, 0.25) is 11.8 Å². The van der Waals surface area contributed by atoms with Crippen LogP contribution in [0.1, 0.15) is 26.7 Å². The summed E-state index contributed by atoms with van der Waals surface area (Å²) in [4.78, 5) is 22.8. The molecule has 0 aromatic rings. The maximum absolute atomic E-state index is 11.6. The zero-order valence-electron chi connectivity index (χ0n) is 9.30. The van der Waals surface area contributed by atoms with E-state index in [-0.39, 0.29) is 29.8 Å². The summed E-state index contributed by atoms with van der Waals surface area (Å²) >= 11 is 0. The van der Waals surface area contributed by atoms with E-state index in [0.29, 0.717) is 6.54 Å². The molecule has 0 bridgehead atoms. The summed E-state index contributed by atoms with van der Waals surface area (Å²) in [5.41, 5.74) is 5.12. The van der Waals surface area contributed by atoms with Gasteiger partial charge in [-0.25, -0.2) is 0 Å². The fourth-order valence-electron chi connectivity index (χ4n) is 1.40. The summed E-state index contributed by atoms with van der Waals surface area (Å²) < 4.78 is 0. The van der Waals surface area contributed by atoms with Crippen LogP contribution in [-0.2, 0) is 9.59 Å². The number of carbonyl (C=O) groups excluding carboxylic acids is 2. The standard InChI is InChI=1S/C10H19N3O2/c1-7(2)13-8(14)5-12-9(15)10(6-11)3-4-10/h7H,3-6,11H2,1-2H3,(H,12,15)(H,13,14). The first kappa shape index (κ1) is 12.0. The Labute approximate surface area is 89.8 Å². The summed E-state index contributed by atoms with van der Waals surface area (Å²) in [6.45, 7) is 4.16. The van der Waals surface area contributed by atoms with Crippen LogP contribution in [0.4, 0.5) is 0 Å². The van der Waals surface area contributed by atoms with Gasteiger partial charge >= 0.3 is 0 Å². The number of carbonyl (C=O) groups is 2. The van der Waals surface area contributed by atoms with Crippen LogP contribution in [0.3, 0.4) is 0 Å². The van der Waals surface area contributed by atoms with Gasteiger partial charge in [0.15, 0.2) is 0 Å². The molecular weight excluding hydrogens is 194 g/mol. The van der Waals surface area contributed by atoms with Gasteiger partial charge in [0, 0.05) is 12.6 Å². The van der Waals surface area contributed by atoms with Crippen molar-refractivity contribution in [1.82, 2.24) is 10.6 Å². The van der Waals surface area contributed by atoms with Crippen LogP contribution >= 0.6 is 0 Å². The molecule has 0 aromatic heterocycles. The van der Waals surface area contributed by atoms with Crippen molar-refractivity contribution < 1.29 is 9.59 Å². The third-order valence-electron chi connectivity index (χ3n) is 2.59. The number of nitrogens with one attached hydrogen (secondary N) is 2. The van der Waals surface area contributed by atoms with Crippen molar-refractivity contribution in [3.05, 3.63) is 0 Å². The van der Waals surface area contributed by atoms with Crippen LogP contribution in [0.25, 0.3) is 0 Å². The molecule has 0 saturated heterocycles. The van der Waals surface area contributed by atoms with Gasteiger partial charge in [-0.15, -0.1) is 0 Å². The molecule has 0 spiro atoms. The van der Waals surface area contributed by atoms with Crippen LogP contribution in [0.2, 0.25) is 0 Å². The van der Waals surface area contributed by atoms with E-state index >= 15 is 0 Å². The lowest BCUT2D eigenvalue weighted by atomic mass is 10.1. The van der Waals surface area contributed by atoms with Crippen molar-refractivity contribution in [3.8, 4) is 0 Å². The molecule has 1 fully saturated rings. The lowest BCUT2D eigenvalue weighted by Crippen LogP contribution is -2.43.